The van der Waals surface area contributed by atoms with Crippen molar-refractivity contribution in [2.24, 2.45) is 0 Å². The summed E-state index contributed by atoms with van der Waals surface area (Å²) in [5, 5.41) is 2.53. The minimum absolute atomic E-state index is 0.659. The van der Waals surface area contributed by atoms with Crippen LogP contribution in [0.5, 0.6) is 0 Å². The van der Waals surface area contributed by atoms with Crippen molar-refractivity contribution in [1.29, 1.82) is 0 Å². The summed E-state index contributed by atoms with van der Waals surface area (Å²) >= 11 is 0. The molecule has 5 nitrogen and oxygen atoms in total. The number of hydrogen-bond acceptors (Lipinski definition) is 4. The van der Waals surface area contributed by atoms with Gasteiger partial charge in [-0.3, -0.25) is 9.97 Å². The molecule has 0 bridgehead atoms. The molecular formula is C52H37N5. The molecule has 10 rings (SSSR count). The monoisotopic (exact) mass is 731 g/mol. The van der Waals surface area contributed by atoms with Gasteiger partial charge in [-0.15, -0.1) is 0 Å². The third-order valence-corrected chi connectivity index (χ3v) is 10.8. The van der Waals surface area contributed by atoms with E-state index >= 15 is 0 Å². The Bertz CT molecular complexity index is 2970. The molecule has 4 heterocycles. The van der Waals surface area contributed by atoms with Crippen molar-refractivity contribution in [3.63, 3.8) is 0 Å². The van der Waals surface area contributed by atoms with Gasteiger partial charge >= 0.3 is 0 Å². The molecule has 0 aliphatic rings. The fraction of sp³-hybridized carbons (Fsp3) is 0.0385. The lowest BCUT2D eigenvalue weighted by Crippen LogP contribution is -1.97. The van der Waals surface area contributed by atoms with Crippen molar-refractivity contribution < 1.29 is 0 Å². The molecular weight excluding hydrogens is 695 g/mol. The summed E-state index contributed by atoms with van der Waals surface area (Å²) in [6.07, 6.45) is 8.16. The molecule has 0 amide bonds. The van der Waals surface area contributed by atoms with Crippen LogP contribution in [-0.2, 0) is 6.42 Å². The van der Waals surface area contributed by atoms with Crippen LogP contribution < -0.4 is 0 Å². The fourth-order valence-corrected chi connectivity index (χ4v) is 7.83. The van der Waals surface area contributed by atoms with E-state index in [-0.39, 0.29) is 0 Å². The lowest BCUT2D eigenvalue weighted by atomic mass is 9.95. The van der Waals surface area contributed by atoms with Gasteiger partial charge in [0, 0.05) is 57.9 Å². The molecule has 10 aromatic rings. The number of hydrogen-bond donors (Lipinski definition) is 0. The van der Waals surface area contributed by atoms with Crippen LogP contribution in [-0.4, -0.2) is 24.5 Å². The first-order valence-corrected chi connectivity index (χ1v) is 19.3. The lowest BCUT2D eigenvalue weighted by molar-refractivity contribution is 1.14. The highest BCUT2D eigenvalue weighted by Gasteiger charge is 2.16. The van der Waals surface area contributed by atoms with E-state index in [1.54, 1.807) is 24.8 Å². The molecule has 0 spiro atoms. The van der Waals surface area contributed by atoms with Crippen LogP contribution in [0.3, 0.4) is 0 Å². The Labute approximate surface area is 331 Å². The predicted octanol–water partition coefficient (Wildman–Crippen LogP) is 12.9. The van der Waals surface area contributed by atoms with Crippen LogP contribution in [0, 0.1) is 0 Å². The molecule has 4 aromatic heterocycles. The molecule has 0 saturated heterocycles. The summed E-state index contributed by atoms with van der Waals surface area (Å²) in [5.74, 6) is 0.659. The Kier molecular flexibility index (Phi) is 8.73. The highest BCUT2D eigenvalue weighted by molar-refractivity contribution is 6.09. The predicted molar refractivity (Wildman–Crippen MR) is 234 cm³/mol. The summed E-state index contributed by atoms with van der Waals surface area (Å²) in [4.78, 5) is 18.5. The zero-order valence-corrected chi connectivity index (χ0v) is 31.4. The molecule has 57 heavy (non-hydrogen) atoms. The molecule has 6 aromatic carbocycles. The smallest absolute Gasteiger partial charge is 0.160 e. The molecule has 0 atom stereocenters. The van der Waals surface area contributed by atoms with Gasteiger partial charge in [-0.25, -0.2) is 9.97 Å². The van der Waals surface area contributed by atoms with Gasteiger partial charge in [-0.1, -0.05) is 104 Å². The minimum atomic E-state index is 0.659. The summed E-state index contributed by atoms with van der Waals surface area (Å²) in [6, 6.07) is 60.6. The zero-order valence-electron chi connectivity index (χ0n) is 31.4. The number of aryl methyl sites for hydroxylation is 1. The van der Waals surface area contributed by atoms with E-state index in [0.717, 1.165) is 62.4 Å². The Morgan fingerprint density at radius 2 is 0.930 bits per heavy atom. The standard InChI is InChI=1S/C52H37N5/c1-2-35-15-20-51-47(29-35)46-13-6-7-14-50(46)57(51)45-32-43(31-44(33-45)42-12-8-11-41(30-42)36-9-4-3-5-10-36)37-16-18-40(19-17-37)52-55-48(38-21-25-53-26-22-38)34-49(56-52)39-23-27-54-28-24-39/h3-34H,2H2,1H3. The number of aromatic nitrogens is 5. The van der Waals surface area contributed by atoms with Crippen molar-refractivity contribution in [2.45, 2.75) is 13.3 Å². The lowest BCUT2D eigenvalue weighted by Gasteiger charge is -2.15. The summed E-state index contributed by atoms with van der Waals surface area (Å²) in [6.45, 7) is 2.22. The Balaban J connectivity index is 1.13. The van der Waals surface area contributed by atoms with Crippen molar-refractivity contribution in [3.05, 3.63) is 200 Å². The second kappa shape index (κ2) is 14.6. The number of nitrogens with zero attached hydrogens (tertiary/aromatic N) is 5. The third kappa shape index (κ3) is 6.55. The van der Waals surface area contributed by atoms with E-state index in [4.69, 9.17) is 9.97 Å². The molecule has 0 saturated carbocycles. The normalized spacial score (nSPS) is 11.3. The van der Waals surface area contributed by atoms with Crippen LogP contribution in [0.2, 0.25) is 0 Å². The van der Waals surface area contributed by atoms with E-state index in [1.165, 1.54) is 38.5 Å². The van der Waals surface area contributed by atoms with Crippen LogP contribution in [0.15, 0.2) is 195 Å². The van der Waals surface area contributed by atoms with Crippen molar-refractivity contribution in [1.82, 2.24) is 24.5 Å². The van der Waals surface area contributed by atoms with Crippen LogP contribution >= 0.6 is 0 Å². The van der Waals surface area contributed by atoms with E-state index in [1.807, 2.05) is 30.3 Å². The summed E-state index contributed by atoms with van der Waals surface area (Å²) < 4.78 is 2.42. The molecule has 0 aliphatic carbocycles. The van der Waals surface area contributed by atoms with E-state index in [9.17, 15) is 0 Å². The zero-order chi connectivity index (χ0) is 38.1. The number of fused-ring (bicyclic) bond motifs is 3. The molecule has 5 heteroatoms. The largest absolute Gasteiger partial charge is 0.309 e. The van der Waals surface area contributed by atoms with Gasteiger partial charge in [0.05, 0.1) is 22.4 Å². The first kappa shape index (κ1) is 34.0. The van der Waals surface area contributed by atoms with Gasteiger partial charge < -0.3 is 4.57 Å². The van der Waals surface area contributed by atoms with Gasteiger partial charge in [0.15, 0.2) is 5.82 Å². The topological polar surface area (TPSA) is 56.5 Å². The third-order valence-electron chi connectivity index (χ3n) is 10.8. The van der Waals surface area contributed by atoms with Gasteiger partial charge in [0.25, 0.3) is 0 Å². The highest BCUT2D eigenvalue weighted by atomic mass is 15.0. The maximum atomic E-state index is 5.05. The molecule has 0 unspecified atom stereocenters. The second-order valence-corrected chi connectivity index (χ2v) is 14.3. The van der Waals surface area contributed by atoms with E-state index in [2.05, 4.69) is 161 Å². The Hall–Kier alpha value is -7.50. The van der Waals surface area contributed by atoms with Gasteiger partial charge in [0.1, 0.15) is 0 Å². The van der Waals surface area contributed by atoms with Crippen molar-refractivity contribution in [3.8, 4) is 73.0 Å². The minimum Gasteiger partial charge on any atom is -0.309 e. The van der Waals surface area contributed by atoms with Gasteiger partial charge in [-0.05, 0) is 118 Å². The van der Waals surface area contributed by atoms with Gasteiger partial charge in [-0.2, -0.15) is 0 Å². The first-order valence-electron chi connectivity index (χ1n) is 19.3. The maximum Gasteiger partial charge on any atom is 0.160 e. The molecule has 0 fully saturated rings. The first-order chi connectivity index (χ1) is 28.2. The summed E-state index contributed by atoms with van der Waals surface area (Å²) in [5.41, 5.74) is 16.3. The SMILES string of the molecule is CCc1ccc2c(c1)c1ccccc1n2-c1cc(-c2ccc(-c3nc(-c4ccncc4)cc(-c4ccncc4)n3)cc2)cc(-c2cccc(-c3ccccc3)c2)c1. The molecule has 0 aliphatic heterocycles. The maximum absolute atomic E-state index is 5.05. The van der Waals surface area contributed by atoms with Crippen molar-refractivity contribution >= 4 is 21.8 Å². The van der Waals surface area contributed by atoms with Gasteiger partial charge in [0.2, 0.25) is 0 Å². The van der Waals surface area contributed by atoms with Crippen molar-refractivity contribution in [2.75, 3.05) is 0 Å². The average molecular weight is 732 g/mol. The molecule has 270 valence electrons. The second-order valence-electron chi connectivity index (χ2n) is 14.3. The highest BCUT2D eigenvalue weighted by Crippen LogP contribution is 2.38. The van der Waals surface area contributed by atoms with Crippen LogP contribution in [0.1, 0.15) is 12.5 Å². The fourth-order valence-electron chi connectivity index (χ4n) is 7.83. The number of pyridine rings is 2. The van der Waals surface area contributed by atoms with Crippen LogP contribution in [0.25, 0.3) is 94.8 Å². The van der Waals surface area contributed by atoms with E-state index in [0.29, 0.717) is 5.82 Å². The number of para-hydroxylation sites is 1. The average Bonchev–Trinajstić information content (AvgIpc) is 3.63. The summed E-state index contributed by atoms with van der Waals surface area (Å²) in [7, 11) is 0. The Morgan fingerprint density at radius 3 is 1.61 bits per heavy atom. The number of rotatable bonds is 8. The Morgan fingerprint density at radius 1 is 0.386 bits per heavy atom. The molecule has 0 radical (unpaired) electrons. The quantitative estimate of drug-likeness (QED) is 0.156. The van der Waals surface area contributed by atoms with Crippen LogP contribution in [0.4, 0.5) is 0 Å². The van der Waals surface area contributed by atoms with E-state index < -0.39 is 0 Å². The molecule has 0 N–H and O–H groups in total. The number of benzene rings is 6.